The third-order valence-corrected chi connectivity index (χ3v) is 5.12. The molecular weight excluding hydrogens is 280 g/mol. The van der Waals surface area contributed by atoms with Crippen LogP contribution in [0.3, 0.4) is 0 Å². The predicted molar refractivity (Wildman–Crippen MR) is 89.8 cm³/mol. The topological polar surface area (TPSA) is 32.3 Å². The van der Waals surface area contributed by atoms with Crippen LogP contribution in [0.1, 0.15) is 24.8 Å². The Kier molecular flexibility index (Phi) is 6.58. The van der Waals surface area contributed by atoms with Crippen LogP contribution in [0.2, 0.25) is 0 Å². The van der Waals surface area contributed by atoms with E-state index in [4.69, 9.17) is 0 Å². The quantitative estimate of drug-likeness (QED) is 0.820. The van der Waals surface area contributed by atoms with E-state index in [2.05, 4.69) is 48.5 Å². The van der Waals surface area contributed by atoms with E-state index in [0.29, 0.717) is 5.75 Å². The molecule has 0 spiro atoms. The van der Waals surface area contributed by atoms with Gasteiger partial charge in [-0.05, 0) is 64.4 Å². The van der Waals surface area contributed by atoms with Crippen LogP contribution < -0.4 is 5.32 Å². The average Bonchev–Trinajstić information content (AvgIpc) is 2.49. The van der Waals surface area contributed by atoms with Crippen molar-refractivity contribution in [3.05, 3.63) is 29.8 Å². The molecule has 0 radical (unpaired) electrons. The van der Waals surface area contributed by atoms with Gasteiger partial charge in [-0.25, -0.2) is 0 Å². The fourth-order valence-electron chi connectivity index (χ4n) is 2.60. The smallest absolute Gasteiger partial charge is 0.230 e. The molecule has 0 bridgehead atoms. The van der Waals surface area contributed by atoms with E-state index in [0.717, 1.165) is 23.8 Å². The lowest BCUT2D eigenvalue weighted by atomic mass is 9.94. The summed E-state index contributed by atoms with van der Waals surface area (Å²) < 4.78 is 0. The third kappa shape index (κ3) is 6.10. The molecule has 1 aromatic rings. The molecular formula is C17H26N2OS. The molecule has 21 heavy (non-hydrogen) atoms. The zero-order valence-electron chi connectivity index (χ0n) is 13.1. The van der Waals surface area contributed by atoms with Crippen molar-refractivity contribution in [1.82, 2.24) is 10.2 Å². The highest BCUT2D eigenvalue weighted by Gasteiger charge is 2.16. The van der Waals surface area contributed by atoms with Gasteiger partial charge >= 0.3 is 0 Å². The molecule has 0 aliphatic carbocycles. The summed E-state index contributed by atoms with van der Waals surface area (Å²) in [5.74, 6) is 1.44. The second kappa shape index (κ2) is 8.44. The number of carbonyl (C=O) groups is 1. The van der Waals surface area contributed by atoms with Gasteiger partial charge in [0.25, 0.3) is 0 Å². The first kappa shape index (κ1) is 16.4. The minimum Gasteiger partial charge on any atom is -0.355 e. The summed E-state index contributed by atoms with van der Waals surface area (Å²) in [7, 11) is 2.18. The predicted octanol–water partition coefficient (Wildman–Crippen LogP) is 2.94. The molecule has 1 amide bonds. The van der Waals surface area contributed by atoms with Gasteiger partial charge in [-0.1, -0.05) is 17.7 Å². The van der Waals surface area contributed by atoms with Crippen molar-refractivity contribution in [2.75, 3.05) is 32.4 Å². The van der Waals surface area contributed by atoms with Gasteiger partial charge in [-0.15, -0.1) is 11.8 Å². The molecule has 1 aromatic carbocycles. The number of benzene rings is 1. The summed E-state index contributed by atoms with van der Waals surface area (Å²) in [5.41, 5.74) is 1.25. The second-order valence-corrected chi connectivity index (χ2v) is 7.04. The molecule has 1 fully saturated rings. The molecule has 1 heterocycles. The van der Waals surface area contributed by atoms with Crippen LogP contribution in [-0.2, 0) is 4.79 Å². The second-order valence-electron chi connectivity index (χ2n) is 5.99. The molecule has 0 saturated carbocycles. The number of thioether (sulfide) groups is 1. The van der Waals surface area contributed by atoms with Crippen molar-refractivity contribution in [1.29, 1.82) is 0 Å². The van der Waals surface area contributed by atoms with E-state index in [-0.39, 0.29) is 5.91 Å². The van der Waals surface area contributed by atoms with Gasteiger partial charge < -0.3 is 10.2 Å². The fourth-order valence-corrected chi connectivity index (χ4v) is 3.33. The lowest BCUT2D eigenvalue weighted by Crippen LogP contribution is -2.33. The number of rotatable bonds is 6. The number of piperidine rings is 1. The fraction of sp³-hybridized carbons (Fsp3) is 0.588. The molecule has 0 unspecified atom stereocenters. The summed E-state index contributed by atoms with van der Waals surface area (Å²) in [6.07, 6.45) is 3.66. The van der Waals surface area contributed by atoms with Gasteiger partial charge in [-0.2, -0.15) is 0 Å². The number of hydrogen-bond donors (Lipinski definition) is 1. The van der Waals surface area contributed by atoms with E-state index in [1.165, 1.54) is 31.5 Å². The summed E-state index contributed by atoms with van der Waals surface area (Å²) >= 11 is 1.60. The third-order valence-electron chi connectivity index (χ3n) is 4.10. The van der Waals surface area contributed by atoms with Crippen molar-refractivity contribution in [2.24, 2.45) is 5.92 Å². The molecule has 4 heteroatoms. The largest absolute Gasteiger partial charge is 0.355 e. The first-order valence-corrected chi connectivity index (χ1v) is 8.77. The van der Waals surface area contributed by atoms with Gasteiger partial charge in [0.05, 0.1) is 5.75 Å². The summed E-state index contributed by atoms with van der Waals surface area (Å²) in [6.45, 7) is 5.29. The Morgan fingerprint density at radius 1 is 1.29 bits per heavy atom. The number of hydrogen-bond acceptors (Lipinski definition) is 3. The summed E-state index contributed by atoms with van der Waals surface area (Å²) in [5, 5.41) is 3.05. The first-order valence-electron chi connectivity index (χ1n) is 7.78. The number of carbonyl (C=O) groups excluding carboxylic acids is 1. The molecule has 0 aromatic heterocycles. The van der Waals surface area contributed by atoms with E-state index in [1.807, 2.05) is 0 Å². The molecule has 3 nitrogen and oxygen atoms in total. The van der Waals surface area contributed by atoms with Crippen molar-refractivity contribution < 1.29 is 4.79 Å². The Labute approximate surface area is 132 Å². The maximum absolute atomic E-state index is 11.8. The van der Waals surface area contributed by atoms with Crippen LogP contribution in [0.25, 0.3) is 0 Å². The van der Waals surface area contributed by atoms with Gasteiger partial charge in [0.1, 0.15) is 0 Å². The van der Waals surface area contributed by atoms with Gasteiger partial charge in [0.15, 0.2) is 0 Å². The van der Waals surface area contributed by atoms with Crippen molar-refractivity contribution >= 4 is 17.7 Å². The molecule has 0 atom stereocenters. The van der Waals surface area contributed by atoms with Crippen LogP contribution in [-0.4, -0.2) is 43.2 Å². The molecule has 1 aliphatic heterocycles. The average molecular weight is 306 g/mol. The maximum atomic E-state index is 11.8. The molecule has 2 rings (SSSR count). The highest BCUT2D eigenvalue weighted by atomic mass is 32.2. The van der Waals surface area contributed by atoms with Crippen LogP contribution in [0, 0.1) is 12.8 Å². The van der Waals surface area contributed by atoms with E-state index < -0.39 is 0 Å². The van der Waals surface area contributed by atoms with E-state index >= 15 is 0 Å². The molecule has 1 saturated heterocycles. The van der Waals surface area contributed by atoms with E-state index in [1.54, 1.807) is 11.8 Å². The monoisotopic (exact) mass is 306 g/mol. The normalized spacial score (nSPS) is 16.9. The van der Waals surface area contributed by atoms with Crippen molar-refractivity contribution in [2.45, 2.75) is 31.1 Å². The van der Waals surface area contributed by atoms with Crippen LogP contribution >= 0.6 is 11.8 Å². The van der Waals surface area contributed by atoms with Crippen LogP contribution in [0.5, 0.6) is 0 Å². The standard InChI is InChI=1S/C17H26N2OS/c1-14-3-5-16(6-4-14)21-13-17(20)18-10-7-15-8-11-19(2)12-9-15/h3-6,15H,7-13H2,1-2H3,(H,18,20). The highest BCUT2D eigenvalue weighted by Crippen LogP contribution is 2.19. The Morgan fingerprint density at radius 2 is 1.95 bits per heavy atom. The zero-order valence-corrected chi connectivity index (χ0v) is 13.9. The number of amides is 1. The minimum absolute atomic E-state index is 0.147. The SMILES string of the molecule is Cc1ccc(SCC(=O)NCCC2CCN(C)CC2)cc1. The summed E-state index contributed by atoms with van der Waals surface area (Å²) in [4.78, 5) is 15.4. The van der Waals surface area contributed by atoms with Gasteiger partial charge in [0, 0.05) is 11.4 Å². The van der Waals surface area contributed by atoms with Crippen LogP contribution in [0.15, 0.2) is 29.2 Å². The molecule has 116 valence electrons. The number of nitrogens with zero attached hydrogens (tertiary/aromatic N) is 1. The number of aryl methyl sites for hydroxylation is 1. The highest BCUT2D eigenvalue weighted by molar-refractivity contribution is 8.00. The zero-order chi connectivity index (χ0) is 15.1. The van der Waals surface area contributed by atoms with Crippen molar-refractivity contribution in [3.8, 4) is 0 Å². The number of likely N-dealkylation sites (tertiary alicyclic amines) is 1. The number of nitrogens with one attached hydrogen (secondary N) is 1. The van der Waals surface area contributed by atoms with Gasteiger partial charge in [0.2, 0.25) is 5.91 Å². The molecule has 1 aliphatic rings. The minimum atomic E-state index is 0.147. The Balaban J connectivity index is 1.58. The van der Waals surface area contributed by atoms with E-state index in [9.17, 15) is 4.79 Å². The lowest BCUT2D eigenvalue weighted by Gasteiger charge is -2.28. The van der Waals surface area contributed by atoms with Gasteiger partial charge in [-0.3, -0.25) is 4.79 Å². The van der Waals surface area contributed by atoms with Crippen LogP contribution in [0.4, 0.5) is 0 Å². The molecule has 1 N–H and O–H groups in total. The lowest BCUT2D eigenvalue weighted by molar-refractivity contribution is -0.118. The first-order chi connectivity index (χ1) is 10.1. The Hall–Kier alpha value is -1.00. The Morgan fingerprint density at radius 3 is 2.62 bits per heavy atom. The summed E-state index contributed by atoms with van der Waals surface area (Å²) in [6, 6.07) is 8.32. The Bertz CT molecular complexity index is 439. The maximum Gasteiger partial charge on any atom is 0.230 e. The van der Waals surface area contributed by atoms with Crippen molar-refractivity contribution in [3.63, 3.8) is 0 Å².